The molecule has 0 radical (unpaired) electrons. The first-order chi connectivity index (χ1) is 9.52. The molecule has 2 rings (SSSR count). The second-order valence-corrected chi connectivity index (χ2v) is 5.62. The van der Waals surface area contributed by atoms with Gasteiger partial charge in [0.05, 0.1) is 4.47 Å². The largest absolute Gasteiger partial charge is 0.313 e. The summed E-state index contributed by atoms with van der Waals surface area (Å²) in [5, 5.41) is 3.60. The monoisotopic (exact) mass is 359 g/mol. The normalized spacial score (nSPS) is 12.4. The predicted octanol–water partition coefficient (Wildman–Crippen LogP) is 4.88. The zero-order chi connectivity index (χ0) is 14.7. The molecule has 0 aliphatic heterocycles. The summed E-state index contributed by atoms with van der Waals surface area (Å²) in [6.07, 6.45) is 0.467. The van der Waals surface area contributed by atoms with E-state index in [2.05, 4.69) is 21.2 Å². The predicted molar refractivity (Wildman–Crippen MR) is 81.0 cm³/mol. The second-order valence-electron chi connectivity index (χ2n) is 4.42. The van der Waals surface area contributed by atoms with Crippen molar-refractivity contribution in [2.75, 3.05) is 7.05 Å². The Kier molecular flexibility index (Phi) is 5.13. The Morgan fingerprint density at radius 2 is 2.00 bits per heavy atom. The number of hydrogen-bond acceptors (Lipinski definition) is 1. The average Bonchev–Trinajstić information content (AvgIpc) is 2.43. The van der Waals surface area contributed by atoms with Crippen LogP contribution in [0.4, 0.5) is 8.78 Å². The highest BCUT2D eigenvalue weighted by atomic mass is 79.9. The highest BCUT2D eigenvalue weighted by Gasteiger charge is 2.17. The van der Waals surface area contributed by atoms with Crippen molar-refractivity contribution >= 4 is 27.5 Å². The summed E-state index contributed by atoms with van der Waals surface area (Å²) in [4.78, 5) is 0. The van der Waals surface area contributed by atoms with E-state index in [1.807, 2.05) is 6.07 Å². The van der Waals surface area contributed by atoms with Crippen LogP contribution in [0.3, 0.4) is 0 Å². The summed E-state index contributed by atoms with van der Waals surface area (Å²) >= 11 is 9.32. The summed E-state index contributed by atoms with van der Waals surface area (Å²) in [6, 6.07) is 8.93. The van der Waals surface area contributed by atoms with Crippen LogP contribution in [0.2, 0.25) is 5.02 Å². The Labute approximate surface area is 130 Å². The van der Waals surface area contributed by atoms with E-state index in [1.165, 1.54) is 24.3 Å². The van der Waals surface area contributed by atoms with Gasteiger partial charge in [0.2, 0.25) is 0 Å². The topological polar surface area (TPSA) is 12.0 Å². The van der Waals surface area contributed by atoms with Crippen LogP contribution in [0.25, 0.3) is 0 Å². The molecule has 1 atom stereocenters. The molecule has 0 saturated carbocycles. The van der Waals surface area contributed by atoms with Gasteiger partial charge in [-0.1, -0.05) is 23.7 Å². The summed E-state index contributed by atoms with van der Waals surface area (Å²) in [5.74, 6) is -0.661. The number of halogens is 4. The van der Waals surface area contributed by atoms with Gasteiger partial charge in [-0.2, -0.15) is 0 Å². The van der Waals surface area contributed by atoms with Crippen molar-refractivity contribution in [3.05, 3.63) is 68.7 Å². The van der Waals surface area contributed by atoms with Gasteiger partial charge in [-0.15, -0.1) is 0 Å². The van der Waals surface area contributed by atoms with E-state index in [1.54, 1.807) is 13.1 Å². The molecule has 0 amide bonds. The number of likely N-dealkylation sites (N-methyl/N-ethyl adjacent to an activating group) is 1. The molecule has 106 valence electrons. The van der Waals surface area contributed by atoms with E-state index >= 15 is 0 Å². The Balaban J connectivity index is 2.34. The molecule has 0 aliphatic rings. The molecule has 5 heteroatoms. The highest BCUT2D eigenvalue weighted by Crippen LogP contribution is 2.30. The number of hydrogen-bond donors (Lipinski definition) is 1. The van der Waals surface area contributed by atoms with Gasteiger partial charge in [-0.05, 0) is 64.8 Å². The van der Waals surface area contributed by atoms with Crippen LogP contribution in [0.15, 0.2) is 40.9 Å². The third kappa shape index (κ3) is 3.37. The first-order valence-corrected chi connectivity index (χ1v) is 7.25. The fraction of sp³-hybridized carbons (Fsp3) is 0.200. The molecule has 0 aromatic heterocycles. The van der Waals surface area contributed by atoms with E-state index in [0.717, 1.165) is 5.56 Å². The maximum atomic E-state index is 13.6. The van der Waals surface area contributed by atoms with E-state index in [9.17, 15) is 8.78 Å². The van der Waals surface area contributed by atoms with Crippen molar-refractivity contribution in [2.24, 2.45) is 0 Å². The lowest BCUT2D eigenvalue weighted by Crippen LogP contribution is -2.20. The van der Waals surface area contributed by atoms with Crippen LogP contribution in [0.1, 0.15) is 17.2 Å². The lowest BCUT2D eigenvalue weighted by molar-refractivity contribution is 0.567. The minimum Gasteiger partial charge on any atom is -0.313 e. The lowest BCUT2D eigenvalue weighted by atomic mass is 9.99. The molecule has 0 spiro atoms. The third-order valence-electron chi connectivity index (χ3n) is 3.14. The Morgan fingerprint density at radius 3 is 2.70 bits per heavy atom. The molecule has 1 nitrogen and oxygen atoms in total. The number of nitrogens with one attached hydrogen (secondary N) is 1. The van der Waals surface area contributed by atoms with Gasteiger partial charge in [0.1, 0.15) is 11.6 Å². The van der Waals surface area contributed by atoms with Crippen LogP contribution in [0.5, 0.6) is 0 Å². The van der Waals surface area contributed by atoms with Gasteiger partial charge in [0, 0.05) is 11.1 Å². The van der Waals surface area contributed by atoms with Gasteiger partial charge >= 0.3 is 0 Å². The Hall–Kier alpha value is -0.970. The zero-order valence-corrected chi connectivity index (χ0v) is 13.1. The second kappa shape index (κ2) is 6.66. The highest BCUT2D eigenvalue weighted by molar-refractivity contribution is 9.10. The molecular formula is C15H13BrClF2N. The maximum absolute atomic E-state index is 13.6. The summed E-state index contributed by atoms with van der Waals surface area (Å²) in [6.45, 7) is 0. The average molecular weight is 361 g/mol. The van der Waals surface area contributed by atoms with Gasteiger partial charge < -0.3 is 5.32 Å². The molecule has 0 aliphatic carbocycles. The van der Waals surface area contributed by atoms with Crippen molar-refractivity contribution in [3.8, 4) is 0 Å². The maximum Gasteiger partial charge on any atom is 0.137 e. The molecule has 0 bridgehead atoms. The lowest BCUT2D eigenvalue weighted by Gasteiger charge is -2.19. The third-order valence-corrected chi connectivity index (χ3v) is 4.34. The van der Waals surface area contributed by atoms with Crippen molar-refractivity contribution in [1.82, 2.24) is 5.32 Å². The van der Waals surface area contributed by atoms with Crippen LogP contribution in [0, 0.1) is 11.6 Å². The minimum atomic E-state index is -0.336. The Morgan fingerprint density at radius 1 is 1.25 bits per heavy atom. The van der Waals surface area contributed by atoms with E-state index in [-0.39, 0.29) is 17.7 Å². The molecule has 0 saturated heterocycles. The van der Waals surface area contributed by atoms with Crippen LogP contribution in [-0.2, 0) is 6.42 Å². The molecule has 2 aromatic rings. The molecule has 0 heterocycles. The number of rotatable bonds is 4. The smallest absolute Gasteiger partial charge is 0.137 e. The quantitative estimate of drug-likeness (QED) is 0.819. The first kappa shape index (κ1) is 15.4. The zero-order valence-electron chi connectivity index (χ0n) is 10.8. The van der Waals surface area contributed by atoms with E-state index in [0.29, 0.717) is 21.5 Å². The van der Waals surface area contributed by atoms with Crippen molar-refractivity contribution in [1.29, 1.82) is 0 Å². The fourth-order valence-corrected chi connectivity index (χ4v) is 2.81. The van der Waals surface area contributed by atoms with Crippen molar-refractivity contribution in [2.45, 2.75) is 12.5 Å². The molecule has 0 fully saturated rings. The van der Waals surface area contributed by atoms with Gasteiger partial charge in [-0.25, -0.2) is 8.78 Å². The molecule has 1 unspecified atom stereocenters. The molecule has 2 aromatic carbocycles. The van der Waals surface area contributed by atoms with E-state index in [4.69, 9.17) is 11.6 Å². The minimum absolute atomic E-state index is 0.167. The van der Waals surface area contributed by atoms with E-state index < -0.39 is 0 Å². The first-order valence-electron chi connectivity index (χ1n) is 6.08. The van der Waals surface area contributed by atoms with Crippen LogP contribution in [-0.4, -0.2) is 7.05 Å². The van der Waals surface area contributed by atoms with Gasteiger partial charge in [0.15, 0.2) is 0 Å². The SMILES string of the molecule is CNC(Cc1cc(F)ccc1Cl)c1cccc(F)c1Br. The molecule has 20 heavy (non-hydrogen) atoms. The molecular weight excluding hydrogens is 348 g/mol. The number of benzene rings is 2. The Bertz CT molecular complexity index is 619. The van der Waals surface area contributed by atoms with Crippen molar-refractivity contribution < 1.29 is 8.78 Å². The summed E-state index contributed by atoms with van der Waals surface area (Å²) in [7, 11) is 1.77. The van der Waals surface area contributed by atoms with Gasteiger partial charge in [-0.3, -0.25) is 0 Å². The van der Waals surface area contributed by atoms with Gasteiger partial charge in [0.25, 0.3) is 0 Å². The molecule has 1 N–H and O–H groups in total. The van der Waals surface area contributed by atoms with Crippen LogP contribution < -0.4 is 5.32 Å². The summed E-state index contributed by atoms with van der Waals surface area (Å²) < 4.78 is 27.3. The standard InChI is InChI=1S/C15H13BrClF2N/c1-20-14(11-3-2-4-13(19)15(11)16)8-9-7-10(18)5-6-12(9)17/h2-7,14,20H,8H2,1H3. The van der Waals surface area contributed by atoms with Crippen molar-refractivity contribution in [3.63, 3.8) is 0 Å². The van der Waals surface area contributed by atoms with Crippen LogP contribution >= 0.6 is 27.5 Å². The fourth-order valence-electron chi connectivity index (χ4n) is 2.08. The summed E-state index contributed by atoms with van der Waals surface area (Å²) in [5.41, 5.74) is 1.45.